The van der Waals surface area contributed by atoms with Gasteiger partial charge in [-0.3, -0.25) is 23.8 Å². The number of carboxylic acid groups (broad SMARTS) is 1. The van der Waals surface area contributed by atoms with Crippen LogP contribution in [-0.4, -0.2) is 80.9 Å². The van der Waals surface area contributed by atoms with E-state index in [-0.39, 0.29) is 36.6 Å². The van der Waals surface area contributed by atoms with E-state index in [0.717, 1.165) is 4.90 Å². The Balaban J connectivity index is 0.000000240. The van der Waals surface area contributed by atoms with Crippen molar-refractivity contribution in [3.8, 4) is 0 Å². The molecule has 2 fully saturated rings. The van der Waals surface area contributed by atoms with Crippen LogP contribution in [0.5, 0.6) is 0 Å². The van der Waals surface area contributed by atoms with Crippen LogP contribution in [0.25, 0.3) is 0 Å². The van der Waals surface area contributed by atoms with E-state index in [1.807, 2.05) is 0 Å². The molecule has 0 aromatic carbocycles. The zero-order valence-corrected chi connectivity index (χ0v) is 11.8. The van der Waals surface area contributed by atoms with Gasteiger partial charge in [-0.15, -0.1) is 0 Å². The molecule has 9 heteroatoms. The Morgan fingerprint density at radius 3 is 2.10 bits per heavy atom. The van der Waals surface area contributed by atoms with Gasteiger partial charge < -0.3 is 20.4 Å². The van der Waals surface area contributed by atoms with E-state index in [1.54, 1.807) is 7.05 Å². The molecule has 0 aromatic heterocycles. The van der Waals surface area contributed by atoms with Crippen molar-refractivity contribution in [2.45, 2.75) is 25.3 Å². The van der Waals surface area contributed by atoms with Crippen molar-refractivity contribution in [3.63, 3.8) is 0 Å². The summed E-state index contributed by atoms with van der Waals surface area (Å²) in [6.45, 7) is -0.729. The Labute approximate surface area is 121 Å². The van der Waals surface area contributed by atoms with Crippen LogP contribution >= 0.6 is 0 Å². The van der Waals surface area contributed by atoms with Crippen LogP contribution in [0.2, 0.25) is 0 Å². The molecule has 21 heavy (non-hydrogen) atoms. The number of quaternary nitrogens is 1. The van der Waals surface area contributed by atoms with E-state index in [9.17, 15) is 14.4 Å². The number of aliphatic hydroxyl groups excluding tert-OH is 3. The zero-order valence-electron chi connectivity index (χ0n) is 11.8. The first-order chi connectivity index (χ1) is 9.79. The minimum Gasteiger partial charge on any atom is -0.481 e. The predicted octanol–water partition coefficient (Wildman–Crippen LogP) is -2.11. The van der Waals surface area contributed by atoms with E-state index in [4.69, 9.17) is 20.4 Å². The van der Waals surface area contributed by atoms with Crippen molar-refractivity contribution < 1.29 is 39.3 Å². The third-order valence-corrected chi connectivity index (χ3v) is 3.69. The van der Waals surface area contributed by atoms with Crippen molar-refractivity contribution >= 4 is 17.8 Å². The standard InChI is InChI=1S/C8H9NO4.C4H12NO3/c10-6-2-1-4-3-5(8(12)13)7(11)9(4)6;1-5(2-6,3-7)4-8/h4-5H,1-3H2,(H,12,13);6-8H,2-4H2,1H3/q;+1. The topological polar surface area (TPSA) is 135 Å². The van der Waals surface area contributed by atoms with Crippen LogP contribution in [-0.2, 0) is 14.4 Å². The zero-order chi connectivity index (χ0) is 16.2. The van der Waals surface area contributed by atoms with Gasteiger partial charge in [0.15, 0.2) is 20.2 Å². The van der Waals surface area contributed by atoms with E-state index < -0.39 is 17.8 Å². The van der Waals surface area contributed by atoms with E-state index in [1.165, 1.54) is 0 Å². The largest absolute Gasteiger partial charge is 0.481 e. The molecule has 120 valence electrons. The third-order valence-electron chi connectivity index (χ3n) is 3.69. The molecule has 0 radical (unpaired) electrons. The van der Waals surface area contributed by atoms with Crippen LogP contribution in [0.1, 0.15) is 19.3 Å². The molecule has 9 nitrogen and oxygen atoms in total. The molecule has 0 bridgehead atoms. The molecule has 2 amide bonds. The van der Waals surface area contributed by atoms with Crippen molar-refractivity contribution in [1.82, 2.24) is 4.90 Å². The van der Waals surface area contributed by atoms with Gasteiger partial charge in [0.05, 0.1) is 7.05 Å². The molecule has 0 aliphatic carbocycles. The third kappa shape index (κ3) is 3.76. The molecule has 0 aromatic rings. The molecular weight excluding hydrogens is 284 g/mol. The maximum Gasteiger partial charge on any atom is 0.316 e. The number of aliphatic hydroxyl groups is 3. The Morgan fingerprint density at radius 1 is 1.24 bits per heavy atom. The molecule has 0 spiro atoms. The Bertz CT molecular complexity index is 414. The highest BCUT2D eigenvalue weighted by Gasteiger charge is 2.49. The maximum absolute atomic E-state index is 11.4. The van der Waals surface area contributed by atoms with Crippen molar-refractivity contribution in [2.75, 3.05) is 27.2 Å². The number of carbonyl (C=O) groups excluding carboxylic acids is 2. The van der Waals surface area contributed by atoms with Crippen molar-refractivity contribution in [3.05, 3.63) is 0 Å². The molecule has 2 unspecified atom stereocenters. The molecule has 2 heterocycles. The molecule has 2 aliphatic rings. The molecule has 2 aliphatic heterocycles. The lowest BCUT2D eigenvalue weighted by Gasteiger charge is -2.25. The summed E-state index contributed by atoms with van der Waals surface area (Å²) in [6, 6.07) is -0.152. The average molecular weight is 305 g/mol. The summed E-state index contributed by atoms with van der Waals surface area (Å²) < 4.78 is -0.125. The summed E-state index contributed by atoms with van der Waals surface area (Å²) >= 11 is 0. The number of hydrogen-bond acceptors (Lipinski definition) is 6. The van der Waals surface area contributed by atoms with E-state index in [2.05, 4.69) is 0 Å². The fourth-order valence-corrected chi connectivity index (χ4v) is 2.15. The summed E-state index contributed by atoms with van der Waals surface area (Å²) in [5.41, 5.74) is 0. The van der Waals surface area contributed by atoms with Gasteiger partial charge in [0, 0.05) is 12.5 Å². The number of imide groups is 1. The number of rotatable bonds is 4. The fourth-order valence-electron chi connectivity index (χ4n) is 2.15. The molecular formula is C12H21N2O7+. The van der Waals surface area contributed by atoms with Crippen molar-refractivity contribution in [1.29, 1.82) is 0 Å². The number of nitrogens with zero attached hydrogens (tertiary/aromatic N) is 2. The van der Waals surface area contributed by atoms with Crippen LogP contribution in [0.3, 0.4) is 0 Å². The molecule has 2 saturated heterocycles. The lowest BCUT2D eigenvalue weighted by Crippen LogP contribution is -2.46. The number of hydrogen-bond donors (Lipinski definition) is 4. The Hall–Kier alpha value is -1.55. The Morgan fingerprint density at radius 2 is 1.76 bits per heavy atom. The smallest absolute Gasteiger partial charge is 0.316 e. The van der Waals surface area contributed by atoms with Gasteiger partial charge in [-0.05, 0) is 12.8 Å². The van der Waals surface area contributed by atoms with Crippen LogP contribution in [0.15, 0.2) is 0 Å². The van der Waals surface area contributed by atoms with E-state index in [0.29, 0.717) is 19.3 Å². The lowest BCUT2D eigenvalue weighted by molar-refractivity contribution is -0.959. The summed E-state index contributed by atoms with van der Waals surface area (Å²) in [6.07, 6.45) is 1.29. The van der Waals surface area contributed by atoms with Gasteiger partial charge in [-0.25, -0.2) is 0 Å². The number of fused-ring (bicyclic) bond motifs is 1. The molecule has 0 saturated carbocycles. The summed E-state index contributed by atoms with van der Waals surface area (Å²) in [4.78, 5) is 34.2. The molecule has 2 atom stereocenters. The average Bonchev–Trinajstić information content (AvgIpc) is 3.00. The van der Waals surface area contributed by atoms with Crippen LogP contribution in [0, 0.1) is 5.92 Å². The number of aliphatic carboxylic acids is 1. The van der Waals surface area contributed by atoms with Gasteiger partial charge in [0.25, 0.3) is 0 Å². The SMILES string of the molecule is C[N+](CO)(CO)CO.O=C(O)C1CC2CCC(=O)N2C1=O. The van der Waals surface area contributed by atoms with Gasteiger partial charge in [0.1, 0.15) is 5.92 Å². The fraction of sp³-hybridized carbons (Fsp3) is 0.750. The Kier molecular flexibility index (Phi) is 5.78. The second-order valence-electron chi connectivity index (χ2n) is 5.46. The number of carboxylic acids is 1. The van der Waals surface area contributed by atoms with Gasteiger partial charge in [-0.2, -0.15) is 0 Å². The normalized spacial score (nSPS) is 24.7. The highest BCUT2D eigenvalue weighted by molar-refractivity contribution is 6.07. The monoisotopic (exact) mass is 305 g/mol. The second kappa shape index (κ2) is 6.94. The van der Waals surface area contributed by atoms with Gasteiger partial charge >= 0.3 is 5.97 Å². The maximum atomic E-state index is 11.4. The lowest BCUT2D eigenvalue weighted by atomic mass is 10.0. The second-order valence-corrected chi connectivity index (χ2v) is 5.46. The highest BCUT2D eigenvalue weighted by atomic mass is 16.4. The summed E-state index contributed by atoms with van der Waals surface area (Å²) in [7, 11) is 1.54. The first-order valence-electron chi connectivity index (χ1n) is 6.54. The van der Waals surface area contributed by atoms with E-state index >= 15 is 0 Å². The first-order valence-corrected chi connectivity index (χ1v) is 6.54. The molecule has 2 rings (SSSR count). The minimum atomic E-state index is -1.12. The number of amides is 2. The summed E-state index contributed by atoms with van der Waals surface area (Å²) in [5.74, 6) is -2.86. The van der Waals surface area contributed by atoms with Gasteiger partial charge in [-0.1, -0.05) is 0 Å². The minimum absolute atomic E-state index is 0.125. The number of carbonyl (C=O) groups is 3. The van der Waals surface area contributed by atoms with Crippen molar-refractivity contribution in [2.24, 2.45) is 5.92 Å². The predicted molar refractivity (Wildman–Crippen MR) is 68.1 cm³/mol. The quantitative estimate of drug-likeness (QED) is 0.202. The van der Waals surface area contributed by atoms with Gasteiger partial charge in [0.2, 0.25) is 11.8 Å². The highest BCUT2D eigenvalue weighted by Crippen LogP contribution is 2.33. The summed E-state index contributed by atoms with van der Waals surface area (Å²) in [5, 5.41) is 34.0. The first kappa shape index (κ1) is 17.5. The molecule has 4 N–H and O–H groups in total. The van der Waals surface area contributed by atoms with Crippen LogP contribution in [0.4, 0.5) is 0 Å². The van der Waals surface area contributed by atoms with Crippen LogP contribution < -0.4 is 0 Å².